The molecule has 0 bridgehead atoms. The van der Waals surface area contributed by atoms with Gasteiger partial charge in [-0.15, -0.1) is 0 Å². The Morgan fingerprint density at radius 3 is 2.64 bits per heavy atom. The van der Waals surface area contributed by atoms with E-state index < -0.39 is 6.10 Å². The van der Waals surface area contributed by atoms with Crippen LogP contribution in [-0.2, 0) is 4.79 Å². The number of ether oxygens (including phenoxy) is 1. The van der Waals surface area contributed by atoms with Gasteiger partial charge in [0.15, 0.2) is 6.10 Å². The molecule has 0 spiro atoms. The first-order chi connectivity index (χ1) is 10.4. The minimum absolute atomic E-state index is 0.0449. The van der Waals surface area contributed by atoms with Crippen LogP contribution in [0.5, 0.6) is 11.5 Å². The number of hydrogen-bond acceptors (Lipinski definition) is 3. The van der Waals surface area contributed by atoms with Crippen molar-refractivity contribution in [1.29, 1.82) is 0 Å². The number of benzene rings is 2. The van der Waals surface area contributed by atoms with Crippen molar-refractivity contribution in [3.05, 3.63) is 52.5 Å². The zero-order chi connectivity index (χ0) is 16.3. The number of carbonyl (C=O) groups is 1. The first kappa shape index (κ1) is 16.2. The van der Waals surface area contributed by atoms with Crippen LogP contribution >= 0.6 is 11.6 Å². The lowest BCUT2D eigenvalue weighted by atomic mass is 10.1. The number of halogens is 1. The first-order valence-corrected chi connectivity index (χ1v) is 7.28. The van der Waals surface area contributed by atoms with Gasteiger partial charge >= 0.3 is 0 Å². The van der Waals surface area contributed by atoms with E-state index in [0.29, 0.717) is 10.8 Å². The normalized spacial score (nSPS) is 11.8. The van der Waals surface area contributed by atoms with Crippen LogP contribution in [0.25, 0.3) is 0 Å². The zero-order valence-corrected chi connectivity index (χ0v) is 13.4. The summed E-state index contributed by atoms with van der Waals surface area (Å²) in [5.74, 6) is 0.248. The van der Waals surface area contributed by atoms with Crippen molar-refractivity contribution < 1.29 is 14.6 Å². The van der Waals surface area contributed by atoms with E-state index in [-0.39, 0.29) is 17.3 Å². The minimum Gasteiger partial charge on any atom is -0.506 e. The highest BCUT2D eigenvalue weighted by Gasteiger charge is 2.17. The van der Waals surface area contributed by atoms with Crippen LogP contribution in [-0.4, -0.2) is 17.1 Å². The molecule has 1 atom stereocenters. The average Bonchev–Trinajstić information content (AvgIpc) is 2.45. The van der Waals surface area contributed by atoms with E-state index in [9.17, 15) is 9.90 Å². The van der Waals surface area contributed by atoms with Crippen molar-refractivity contribution in [3.63, 3.8) is 0 Å². The second-order valence-corrected chi connectivity index (χ2v) is 5.62. The Kier molecular flexibility index (Phi) is 4.93. The molecule has 0 aromatic heterocycles. The summed E-state index contributed by atoms with van der Waals surface area (Å²) in [6.07, 6.45) is -0.709. The zero-order valence-electron chi connectivity index (χ0n) is 12.7. The number of phenolic OH excluding ortho intramolecular Hbond substituents is 1. The van der Waals surface area contributed by atoms with Crippen LogP contribution in [0.1, 0.15) is 18.1 Å². The summed E-state index contributed by atoms with van der Waals surface area (Å²) in [7, 11) is 0. The van der Waals surface area contributed by atoms with Crippen molar-refractivity contribution in [3.8, 4) is 11.5 Å². The van der Waals surface area contributed by atoms with Crippen LogP contribution in [0.3, 0.4) is 0 Å². The Hall–Kier alpha value is -2.20. The Morgan fingerprint density at radius 2 is 1.95 bits per heavy atom. The molecule has 4 nitrogen and oxygen atoms in total. The van der Waals surface area contributed by atoms with Gasteiger partial charge in [-0.2, -0.15) is 0 Å². The van der Waals surface area contributed by atoms with Gasteiger partial charge in [0, 0.05) is 5.02 Å². The van der Waals surface area contributed by atoms with E-state index in [0.717, 1.165) is 11.1 Å². The minimum atomic E-state index is -0.709. The second kappa shape index (κ2) is 6.71. The van der Waals surface area contributed by atoms with Crippen molar-refractivity contribution in [2.45, 2.75) is 26.9 Å². The summed E-state index contributed by atoms with van der Waals surface area (Å²) in [5.41, 5.74) is 2.35. The lowest BCUT2D eigenvalue weighted by molar-refractivity contribution is -0.122. The number of amides is 1. The maximum absolute atomic E-state index is 12.2. The van der Waals surface area contributed by atoms with Gasteiger partial charge in [-0.25, -0.2) is 0 Å². The molecule has 0 fully saturated rings. The van der Waals surface area contributed by atoms with Crippen molar-refractivity contribution >= 4 is 23.2 Å². The summed E-state index contributed by atoms with van der Waals surface area (Å²) in [6.45, 7) is 5.57. The molecule has 5 heteroatoms. The first-order valence-electron chi connectivity index (χ1n) is 6.90. The maximum Gasteiger partial charge on any atom is 0.265 e. The molecule has 0 saturated carbocycles. The largest absolute Gasteiger partial charge is 0.506 e. The summed E-state index contributed by atoms with van der Waals surface area (Å²) < 4.78 is 5.68. The number of aryl methyl sites for hydroxylation is 2. The van der Waals surface area contributed by atoms with Crippen LogP contribution in [0, 0.1) is 13.8 Å². The van der Waals surface area contributed by atoms with Crippen molar-refractivity contribution in [1.82, 2.24) is 0 Å². The van der Waals surface area contributed by atoms with Crippen molar-refractivity contribution in [2.75, 3.05) is 5.32 Å². The van der Waals surface area contributed by atoms with Crippen LogP contribution in [0.15, 0.2) is 36.4 Å². The SMILES string of the molecule is Cc1ccc(O[C@H](C)C(=O)Nc2cc(Cl)ccc2O)c(C)c1. The van der Waals surface area contributed by atoms with Gasteiger partial charge in [-0.1, -0.05) is 29.3 Å². The number of carbonyl (C=O) groups excluding carboxylic acids is 1. The van der Waals surface area contributed by atoms with E-state index in [4.69, 9.17) is 16.3 Å². The molecule has 2 rings (SSSR count). The fraction of sp³-hybridized carbons (Fsp3) is 0.235. The predicted octanol–water partition coefficient (Wildman–Crippen LogP) is 4.07. The predicted molar refractivity (Wildman–Crippen MR) is 87.8 cm³/mol. The third-order valence-corrected chi connectivity index (χ3v) is 3.45. The molecule has 0 unspecified atom stereocenters. The van der Waals surface area contributed by atoms with Crippen LogP contribution in [0.4, 0.5) is 5.69 Å². The fourth-order valence-corrected chi connectivity index (χ4v) is 2.19. The molecular formula is C17H18ClNO3. The molecule has 2 aromatic rings. The van der Waals surface area contributed by atoms with E-state index >= 15 is 0 Å². The van der Waals surface area contributed by atoms with Crippen LogP contribution in [0.2, 0.25) is 5.02 Å². The van der Waals surface area contributed by atoms with Gasteiger partial charge in [0.2, 0.25) is 0 Å². The monoisotopic (exact) mass is 319 g/mol. The Morgan fingerprint density at radius 1 is 1.23 bits per heavy atom. The number of hydrogen-bond donors (Lipinski definition) is 2. The summed E-state index contributed by atoms with van der Waals surface area (Å²) in [6, 6.07) is 10.2. The highest BCUT2D eigenvalue weighted by Crippen LogP contribution is 2.27. The summed E-state index contributed by atoms with van der Waals surface area (Å²) in [4.78, 5) is 12.2. The molecule has 2 aromatic carbocycles. The lowest BCUT2D eigenvalue weighted by Crippen LogP contribution is -2.30. The lowest BCUT2D eigenvalue weighted by Gasteiger charge is -2.17. The number of aromatic hydroxyl groups is 1. The molecule has 1 amide bonds. The van der Waals surface area contributed by atoms with Gasteiger partial charge < -0.3 is 15.2 Å². The summed E-state index contributed by atoms with van der Waals surface area (Å²) >= 11 is 5.85. The Bertz CT molecular complexity index is 700. The molecule has 0 aliphatic carbocycles. The Labute approximate surface area is 134 Å². The standard InChI is InChI=1S/C17H18ClNO3/c1-10-4-7-16(11(2)8-10)22-12(3)17(21)19-14-9-13(18)5-6-15(14)20/h4-9,12,20H,1-3H3,(H,19,21)/t12-/m1/s1. The van der Waals surface area contributed by atoms with Crippen LogP contribution < -0.4 is 10.1 Å². The van der Waals surface area contributed by atoms with Crippen molar-refractivity contribution in [2.24, 2.45) is 0 Å². The van der Waals surface area contributed by atoms with E-state index in [2.05, 4.69) is 5.32 Å². The highest BCUT2D eigenvalue weighted by molar-refractivity contribution is 6.31. The topological polar surface area (TPSA) is 58.6 Å². The summed E-state index contributed by atoms with van der Waals surface area (Å²) in [5, 5.41) is 12.7. The third-order valence-electron chi connectivity index (χ3n) is 3.22. The molecule has 22 heavy (non-hydrogen) atoms. The van der Waals surface area contributed by atoms with E-state index in [1.807, 2.05) is 32.0 Å². The molecule has 0 heterocycles. The average molecular weight is 320 g/mol. The number of phenols is 1. The molecule has 0 aliphatic heterocycles. The second-order valence-electron chi connectivity index (χ2n) is 5.18. The van der Waals surface area contributed by atoms with Gasteiger partial charge in [0.05, 0.1) is 5.69 Å². The van der Waals surface area contributed by atoms with Gasteiger partial charge in [-0.3, -0.25) is 4.79 Å². The molecule has 0 radical (unpaired) electrons. The molecule has 0 saturated heterocycles. The number of rotatable bonds is 4. The smallest absolute Gasteiger partial charge is 0.265 e. The molecule has 0 aliphatic rings. The fourth-order valence-electron chi connectivity index (χ4n) is 2.02. The highest BCUT2D eigenvalue weighted by atomic mass is 35.5. The molecular weight excluding hydrogens is 302 g/mol. The number of nitrogens with one attached hydrogen (secondary N) is 1. The van der Waals surface area contributed by atoms with E-state index in [1.54, 1.807) is 13.0 Å². The number of anilines is 1. The quantitative estimate of drug-likeness (QED) is 0.835. The Balaban J connectivity index is 2.07. The van der Waals surface area contributed by atoms with E-state index in [1.165, 1.54) is 12.1 Å². The molecule has 116 valence electrons. The third kappa shape index (κ3) is 3.92. The van der Waals surface area contributed by atoms with Gasteiger partial charge in [0.25, 0.3) is 5.91 Å². The van der Waals surface area contributed by atoms with Gasteiger partial charge in [-0.05, 0) is 50.6 Å². The maximum atomic E-state index is 12.2. The van der Waals surface area contributed by atoms with Gasteiger partial charge in [0.1, 0.15) is 11.5 Å². The molecule has 2 N–H and O–H groups in total.